The van der Waals surface area contributed by atoms with Gasteiger partial charge in [0.1, 0.15) is 5.75 Å². The maximum Gasteiger partial charge on any atom is 0.387 e. The zero-order valence-corrected chi connectivity index (χ0v) is 13.9. The molecule has 0 radical (unpaired) electrons. The van der Waals surface area contributed by atoms with E-state index in [-0.39, 0.29) is 18.2 Å². The summed E-state index contributed by atoms with van der Waals surface area (Å²) in [6, 6.07) is 13.6. The fraction of sp³-hybridized carbons (Fsp3) is 0.316. The van der Waals surface area contributed by atoms with Crippen molar-refractivity contribution in [2.24, 2.45) is 0 Å². The number of benzene rings is 2. The van der Waals surface area contributed by atoms with Crippen LogP contribution in [0.2, 0.25) is 0 Å². The number of carbonyl (C=O) groups excluding carboxylic acids is 1. The molecule has 0 saturated heterocycles. The molecule has 1 amide bonds. The molecule has 25 heavy (non-hydrogen) atoms. The largest absolute Gasteiger partial charge is 0.435 e. The van der Waals surface area contributed by atoms with Crippen molar-refractivity contribution in [3.63, 3.8) is 0 Å². The van der Waals surface area contributed by atoms with Crippen LogP contribution in [0.15, 0.2) is 48.5 Å². The summed E-state index contributed by atoms with van der Waals surface area (Å²) < 4.78 is 28.4. The van der Waals surface area contributed by atoms with Crippen molar-refractivity contribution in [3.05, 3.63) is 65.2 Å². The Kier molecular flexibility index (Phi) is 6.89. The zero-order valence-electron chi connectivity index (χ0n) is 13.9. The van der Waals surface area contributed by atoms with Gasteiger partial charge in [0.25, 0.3) is 0 Å². The van der Waals surface area contributed by atoms with Gasteiger partial charge >= 0.3 is 6.61 Å². The average molecular weight is 349 g/mol. The second kappa shape index (κ2) is 9.13. The third kappa shape index (κ3) is 6.51. The van der Waals surface area contributed by atoms with Gasteiger partial charge < -0.3 is 15.2 Å². The topological polar surface area (TPSA) is 58.6 Å². The van der Waals surface area contributed by atoms with Gasteiger partial charge in [-0.15, -0.1) is 0 Å². The van der Waals surface area contributed by atoms with E-state index in [9.17, 15) is 18.7 Å². The molecule has 0 aliphatic carbocycles. The van der Waals surface area contributed by atoms with E-state index in [1.54, 1.807) is 0 Å². The molecule has 2 aromatic rings. The maximum atomic E-state index is 12.1. The minimum absolute atomic E-state index is 0.0214. The molecule has 2 rings (SSSR count). The molecule has 1 atom stereocenters. The molecule has 4 nitrogen and oxygen atoms in total. The fourth-order valence-corrected chi connectivity index (χ4v) is 2.30. The van der Waals surface area contributed by atoms with Gasteiger partial charge in [0.15, 0.2) is 0 Å². The Morgan fingerprint density at radius 3 is 2.36 bits per heavy atom. The summed E-state index contributed by atoms with van der Waals surface area (Å²) in [6.07, 6.45) is 0.0441. The number of aliphatic hydroxyl groups excluding tert-OH is 1. The van der Waals surface area contributed by atoms with Crippen LogP contribution in [0.4, 0.5) is 8.78 Å². The molecule has 0 bridgehead atoms. The lowest BCUT2D eigenvalue weighted by molar-refractivity contribution is -0.121. The number of hydrogen-bond donors (Lipinski definition) is 2. The van der Waals surface area contributed by atoms with Gasteiger partial charge in [0, 0.05) is 13.0 Å². The van der Waals surface area contributed by atoms with Crippen molar-refractivity contribution in [2.45, 2.75) is 32.5 Å². The highest BCUT2D eigenvalue weighted by molar-refractivity contribution is 5.76. The van der Waals surface area contributed by atoms with Crippen LogP contribution in [0, 0.1) is 6.92 Å². The lowest BCUT2D eigenvalue weighted by Gasteiger charge is -2.13. The van der Waals surface area contributed by atoms with E-state index in [2.05, 4.69) is 10.1 Å². The third-order valence-electron chi connectivity index (χ3n) is 3.74. The van der Waals surface area contributed by atoms with Crippen LogP contribution in [0.3, 0.4) is 0 Å². The van der Waals surface area contributed by atoms with Crippen LogP contribution in [0.5, 0.6) is 5.75 Å². The Bertz CT molecular complexity index is 672. The summed E-state index contributed by atoms with van der Waals surface area (Å²) in [4.78, 5) is 11.9. The number of carbonyl (C=O) groups is 1. The van der Waals surface area contributed by atoms with Gasteiger partial charge in [0.05, 0.1) is 6.10 Å². The molecule has 0 heterocycles. The van der Waals surface area contributed by atoms with Crippen molar-refractivity contribution < 1.29 is 23.4 Å². The Balaban J connectivity index is 1.75. The third-order valence-corrected chi connectivity index (χ3v) is 3.74. The molecule has 0 fully saturated rings. The van der Waals surface area contributed by atoms with Crippen molar-refractivity contribution in [1.82, 2.24) is 5.32 Å². The normalized spacial score (nSPS) is 12.0. The second-order valence-corrected chi connectivity index (χ2v) is 5.75. The van der Waals surface area contributed by atoms with Crippen LogP contribution in [0.25, 0.3) is 0 Å². The molecule has 0 spiro atoms. The van der Waals surface area contributed by atoms with Crippen LogP contribution in [-0.2, 0) is 11.2 Å². The molecule has 0 aliphatic heterocycles. The number of halogens is 2. The number of nitrogens with one attached hydrogen (secondary N) is 1. The Labute approximate surface area is 145 Å². The summed E-state index contributed by atoms with van der Waals surface area (Å²) in [5.41, 5.74) is 2.76. The predicted octanol–water partition coefficient (Wildman–Crippen LogP) is 3.38. The van der Waals surface area contributed by atoms with E-state index in [0.717, 1.165) is 5.56 Å². The number of ether oxygens (including phenoxy) is 1. The van der Waals surface area contributed by atoms with E-state index in [0.29, 0.717) is 18.4 Å². The Morgan fingerprint density at radius 2 is 1.76 bits per heavy atom. The number of alkyl halides is 2. The smallest absolute Gasteiger partial charge is 0.387 e. The zero-order chi connectivity index (χ0) is 18.2. The molecule has 0 aromatic heterocycles. The minimum Gasteiger partial charge on any atom is -0.435 e. The van der Waals surface area contributed by atoms with E-state index in [4.69, 9.17) is 0 Å². The van der Waals surface area contributed by atoms with Gasteiger partial charge in [0.2, 0.25) is 5.91 Å². The van der Waals surface area contributed by atoms with Crippen molar-refractivity contribution in [1.29, 1.82) is 0 Å². The number of aliphatic hydroxyl groups is 1. The first-order chi connectivity index (χ1) is 11.9. The molecular weight excluding hydrogens is 328 g/mol. The number of rotatable bonds is 8. The minimum atomic E-state index is -2.89. The lowest BCUT2D eigenvalue weighted by Crippen LogP contribution is -2.28. The summed E-state index contributed by atoms with van der Waals surface area (Å²) >= 11 is 0. The Morgan fingerprint density at radius 1 is 1.12 bits per heavy atom. The molecule has 0 aliphatic rings. The Hall–Kier alpha value is -2.47. The molecule has 2 aromatic carbocycles. The van der Waals surface area contributed by atoms with Gasteiger partial charge in [-0.2, -0.15) is 8.78 Å². The highest BCUT2D eigenvalue weighted by atomic mass is 19.3. The monoisotopic (exact) mass is 349 g/mol. The molecule has 6 heteroatoms. The van der Waals surface area contributed by atoms with Crippen LogP contribution >= 0.6 is 0 Å². The highest BCUT2D eigenvalue weighted by Crippen LogP contribution is 2.19. The summed E-state index contributed by atoms with van der Waals surface area (Å²) in [5.74, 6) is -0.134. The van der Waals surface area contributed by atoms with Gasteiger partial charge in [-0.25, -0.2) is 0 Å². The van der Waals surface area contributed by atoms with Gasteiger partial charge in [-0.3, -0.25) is 4.79 Å². The van der Waals surface area contributed by atoms with Crippen molar-refractivity contribution >= 4 is 5.91 Å². The molecular formula is C19H21F2NO3. The van der Waals surface area contributed by atoms with E-state index in [1.807, 2.05) is 31.2 Å². The SMILES string of the molecule is Cc1ccc(CCC(=O)NCC(O)c2ccc(OC(F)F)cc2)cc1. The highest BCUT2D eigenvalue weighted by Gasteiger charge is 2.11. The first-order valence-corrected chi connectivity index (χ1v) is 7.99. The number of hydrogen-bond acceptors (Lipinski definition) is 3. The number of amides is 1. The number of aryl methyl sites for hydroxylation is 2. The molecule has 134 valence electrons. The van der Waals surface area contributed by atoms with Crippen LogP contribution in [0.1, 0.15) is 29.2 Å². The molecule has 2 N–H and O–H groups in total. The van der Waals surface area contributed by atoms with E-state index >= 15 is 0 Å². The maximum absolute atomic E-state index is 12.1. The van der Waals surface area contributed by atoms with Crippen LogP contribution < -0.4 is 10.1 Å². The summed E-state index contributed by atoms with van der Waals surface area (Å²) in [6.45, 7) is -0.824. The molecule has 0 saturated carbocycles. The van der Waals surface area contributed by atoms with Gasteiger partial charge in [-0.05, 0) is 36.6 Å². The average Bonchev–Trinajstić information content (AvgIpc) is 2.59. The standard InChI is InChI=1S/C19H21F2NO3/c1-13-2-4-14(5-3-13)6-11-18(24)22-12-17(23)15-7-9-16(10-8-15)25-19(20)21/h2-5,7-10,17,19,23H,6,11-12H2,1H3,(H,22,24). The summed E-state index contributed by atoms with van der Waals surface area (Å²) in [5, 5.41) is 12.7. The van der Waals surface area contributed by atoms with Crippen molar-refractivity contribution in [2.75, 3.05) is 6.54 Å². The van der Waals surface area contributed by atoms with Crippen molar-refractivity contribution in [3.8, 4) is 5.75 Å². The molecule has 1 unspecified atom stereocenters. The van der Waals surface area contributed by atoms with E-state index in [1.165, 1.54) is 29.8 Å². The lowest BCUT2D eigenvalue weighted by atomic mass is 10.1. The van der Waals surface area contributed by atoms with Crippen LogP contribution in [-0.4, -0.2) is 24.2 Å². The second-order valence-electron chi connectivity index (χ2n) is 5.75. The predicted molar refractivity (Wildman–Crippen MR) is 90.5 cm³/mol. The quantitative estimate of drug-likeness (QED) is 0.768. The summed E-state index contributed by atoms with van der Waals surface area (Å²) in [7, 11) is 0. The fourth-order valence-electron chi connectivity index (χ4n) is 2.30. The van der Waals surface area contributed by atoms with E-state index < -0.39 is 12.7 Å². The first-order valence-electron chi connectivity index (χ1n) is 7.99. The first kappa shape index (κ1) is 18.9. The van der Waals surface area contributed by atoms with Gasteiger partial charge in [-0.1, -0.05) is 42.0 Å².